The Labute approximate surface area is 172 Å². The van der Waals surface area contributed by atoms with Gasteiger partial charge in [-0.2, -0.15) is 0 Å². The summed E-state index contributed by atoms with van der Waals surface area (Å²) in [5.74, 6) is -0.885. The predicted molar refractivity (Wildman–Crippen MR) is 111 cm³/mol. The third kappa shape index (κ3) is 4.40. The molecule has 28 heavy (non-hydrogen) atoms. The molecule has 1 atom stereocenters. The van der Waals surface area contributed by atoms with E-state index in [9.17, 15) is 9.59 Å². The van der Waals surface area contributed by atoms with Gasteiger partial charge in [-0.1, -0.05) is 54.1 Å². The molecule has 0 unspecified atom stereocenters. The fourth-order valence-corrected chi connectivity index (χ4v) is 3.75. The van der Waals surface area contributed by atoms with Crippen molar-refractivity contribution < 1.29 is 14.3 Å². The molecule has 7 heteroatoms. The summed E-state index contributed by atoms with van der Waals surface area (Å²) in [5.41, 5.74) is 1.99. The van der Waals surface area contributed by atoms with Crippen LogP contribution in [0.4, 0.5) is 0 Å². The molecule has 0 saturated carbocycles. The first kappa shape index (κ1) is 20.0. The number of hydrogen-bond acceptors (Lipinski definition) is 5. The van der Waals surface area contributed by atoms with E-state index >= 15 is 0 Å². The molecule has 0 bridgehead atoms. The highest BCUT2D eigenvalue weighted by atomic mass is 35.5. The molecule has 0 N–H and O–H groups in total. The van der Waals surface area contributed by atoms with Crippen LogP contribution in [0.25, 0.3) is 10.6 Å². The van der Waals surface area contributed by atoms with Gasteiger partial charge in [-0.3, -0.25) is 4.79 Å². The Morgan fingerprint density at radius 1 is 1.11 bits per heavy atom. The maximum absolute atomic E-state index is 12.8. The number of esters is 1. The van der Waals surface area contributed by atoms with Crippen LogP contribution >= 0.6 is 22.9 Å². The van der Waals surface area contributed by atoms with Crippen molar-refractivity contribution in [2.45, 2.75) is 13.0 Å². The zero-order chi connectivity index (χ0) is 20.3. The molecule has 0 aliphatic carbocycles. The van der Waals surface area contributed by atoms with Gasteiger partial charge in [0, 0.05) is 30.2 Å². The van der Waals surface area contributed by atoms with Gasteiger partial charge in [-0.05, 0) is 19.1 Å². The van der Waals surface area contributed by atoms with E-state index < -0.39 is 12.1 Å². The number of carbonyl (C=O) groups excluding carboxylic acids is 2. The van der Waals surface area contributed by atoms with Gasteiger partial charge in [0.15, 0.2) is 0 Å². The number of hydrogen-bond donors (Lipinski definition) is 0. The van der Waals surface area contributed by atoms with E-state index in [2.05, 4.69) is 4.98 Å². The van der Waals surface area contributed by atoms with Crippen LogP contribution < -0.4 is 0 Å². The third-order valence-electron chi connectivity index (χ3n) is 4.05. The first-order valence-electron chi connectivity index (χ1n) is 8.57. The third-order valence-corrected chi connectivity index (χ3v) is 5.47. The number of carbonyl (C=O) groups is 2. The molecule has 0 radical (unpaired) electrons. The second-order valence-corrected chi connectivity index (χ2v) is 7.81. The minimum absolute atomic E-state index is 0.309. The van der Waals surface area contributed by atoms with E-state index in [-0.39, 0.29) is 5.91 Å². The number of benzene rings is 2. The van der Waals surface area contributed by atoms with Crippen LogP contribution in [0.3, 0.4) is 0 Å². The van der Waals surface area contributed by atoms with Crippen molar-refractivity contribution in [2.24, 2.45) is 0 Å². The molecule has 0 aliphatic heterocycles. The number of aryl methyl sites for hydroxylation is 1. The number of amides is 1. The van der Waals surface area contributed by atoms with Crippen LogP contribution in [-0.2, 0) is 9.53 Å². The van der Waals surface area contributed by atoms with Gasteiger partial charge >= 0.3 is 5.97 Å². The van der Waals surface area contributed by atoms with Crippen molar-refractivity contribution in [3.63, 3.8) is 0 Å². The molecule has 1 heterocycles. The van der Waals surface area contributed by atoms with Crippen LogP contribution in [-0.4, -0.2) is 35.9 Å². The highest BCUT2D eigenvalue weighted by Crippen LogP contribution is 2.31. The Morgan fingerprint density at radius 3 is 2.46 bits per heavy atom. The van der Waals surface area contributed by atoms with Gasteiger partial charge in [0.25, 0.3) is 5.91 Å². The van der Waals surface area contributed by atoms with Crippen LogP contribution in [0.1, 0.15) is 27.0 Å². The molecule has 5 nitrogen and oxygen atoms in total. The lowest BCUT2D eigenvalue weighted by Gasteiger charge is -2.21. The molecule has 3 aromatic rings. The molecule has 0 fully saturated rings. The Balaban J connectivity index is 1.89. The summed E-state index contributed by atoms with van der Waals surface area (Å²) in [6, 6.07) is 16.2. The summed E-state index contributed by atoms with van der Waals surface area (Å²) in [4.78, 5) is 31.7. The molecule has 1 aromatic heterocycles. The Morgan fingerprint density at radius 2 is 1.82 bits per heavy atom. The van der Waals surface area contributed by atoms with Gasteiger partial charge in [0.1, 0.15) is 9.88 Å². The number of aromatic nitrogens is 1. The predicted octanol–water partition coefficient (Wildman–Crippen LogP) is 4.76. The lowest BCUT2D eigenvalue weighted by atomic mass is 10.1. The van der Waals surface area contributed by atoms with Gasteiger partial charge < -0.3 is 9.64 Å². The second kappa shape index (κ2) is 8.54. The molecular formula is C21H19ClN2O3S. The van der Waals surface area contributed by atoms with Crippen molar-refractivity contribution >= 4 is 34.8 Å². The van der Waals surface area contributed by atoms with E-state index in [1.807, 2.05) is 18.2 Å². The molecule has 3 rings (SSSR count). The zero-order valence-electron chi connectivity index (χ0n) is 15.7. The molecular weight excluding hydrogens is 396 g/mol. The Bertz CT molecular complexity index is 1000. The summed E-state index contributed by atoms with van der Waals surface area (Å²) in [6.07, 6.45) is -1.01. The van der Waals surface area contributed by atoms with E-state index in [1.165, 1.54) is 16.2 Å². The van der Waals surface area contributed by atoms with Gasteiger partial charge in [0.2, 0.25) is 6.10 Å². The van der Waals surface area contributed by atoms with Crippen LogP contribution in [0.15, 0.2) is 54.6 Å². The number of nitrogens with zero attached hydrogens (tertiary/aromatic N) is 2. The molecule has 0 spiro atoms. The van der Waals surface area contributed by atoms with Gasteiger partial charge in [0.05, 0.1) is 5.69 Å². The van der Waals surface area contributed by atoms with E-state index in [4.69, 9.17) is 16.3 Å². The van der Waals surface area contributed by atoms with Gasteiger partial charge in [-0.25, -0.2) is 9.78 Å². The van der Waals surface area contributed by atoms with Crippen molar-refractivity contribution in [1.82, 2.24) is 9.88 Å². The van der Waals surface area contributed by atoms with Crippen molar-refractivity contribution in [2.75, 3.05) is 14.1 Å². The monoisotopic (exact) mass is 414 g/mol. The second-order valence-electron chi connectivity index (χ2n) is 6.37. The summed E-state index contributed by atoms with van der Waals surface area (Å²) < 4.78 is 5.61. The van der Waals surface area contributed by atoms with E-state index in [0.717, 1.165) is 5.56 Å². The van der Waals surface area contributed by atoms with Crippen molar-refractivity contribution in [3.05, 3.63) is 75.8 Å². The minimum Gasteiger partial charge on any atom is -0.443 e. The lowest BCUT2D eigenvalue weighted by molar-refractivity contribution is -0.138. The maximum Gasteiger partial charge on any atom is 0.351 e. The van der Waals surface area contributed by atoms with Crippen LogP contribution in [0.2, 0.25) is 5.02 Å². The molecule has 144 valence electrons. The quantitative estimate of drug-likeness (QED) is 0.565. The minimum atomic E-state index is -1.01. The number of ether oxygens (including phenoxy) is 1. The largest absolute Gasteiger partial charge is 0.443 e. The maximum atomic E-state index is 12.8. The standard InChI is InChI=1S/C21H19ClN2O3S/c1-13-18(28-19(23-13)15-10-7-11-16(22)12-15)21(26)27-17(20(25)24(2)3)14-8-5-4-6-9-14/h4-12,17H,1-3H3/t17-/m1/s1. The highest BCUT2D eigenvalue weighted by molar-refractivity contribution is 7.17. The summed E-state index contributed by atoms with van der Waals surface area (Å²) in [7, 11) is 3.25. The lowest BCUT2D eigenvalue weighted by Crippen LogP contribution is -2.31. The smallest absolute Gasteiger partial charge is 0.351 e. The van der Waals surface area contributed by atoms with Crippen molar-refractivity contribution in [3.8, 4) is 10.6 Å². The number of thiazole rings is 1. The fourth-order valence-electron chi connectivity index (χ4n) is 2.61. The number of rotatable bonds is 5. The Hall–Kier alpha value is -2.70. The normalized spacial score (nSPS) is 11.7. The fraction of sp³-hybridized carbons (Fsp3) is 0.190. The van der Waals surface area contributed by atoms with Gasteiger partial charge in [-0.15, -0.1) is 11.3 Å². The zero-order valence-corrected chi connectivity index (χ0v) is 17.3. The number of halogens is 1. The SMILES string of the molecule is Cc1nc(-c2cccc(Cl)c2)sc1C(=O)O[C@@H](C(=O)N(C)C)c1ccccc1. The van der Waals surface area contributed by atoms with Crippen molar-refractivity contribution in [1.29, 1.82) is 0 Å². The average Bonchev–Trinajstić information content (AvgIpc) is 3.08. The Kier molecular flexibility index (Phi) is 6.11. The average molecular weight is 415 g/mol. The first-order chi connectivity index (χ1) is 13.4. The first-order valence-corrected chi connectivity index (χ1v) is 9.76. The summed E-state index contributed by atoms with van der Waals surface area (Å²) in [6.45, 7) is 1.74. The molecule has 0 aliphatic rings. The summed E-state index contributed by atoms with van der Waals surface area (Å²) in [5, 5.41) is 1.26. The van der Waals surface area contributed by atoms with Crippen LogP contribution in [0.5, 0.6) is 0 Å². The molecule has 0 saturated heterocycles. The summed E-state index contributed by atoms with van der Waals surface area (Å²) >= 11 is 7.27. The highest BCUT2D eigenvalue weighted by Gasteiger charge is 2.29. The molecule has 1 amide bonds. The topological polar surface area (TPSA) is 59.5 Å². The molecule has 2 aromatic carbocycles. The van der Waals surface area contributed by atoms with E-state index in [0.29, 0.717) is 26.2 Å². The number of likely N-dealkylation sites (N-methyl/N-ethyl adjacent to an activating group) is 1. The van der Waals surface area contributed by atoms with Crippen LogP contribution in [0, 0.1) is 6.92 Å². The van der Waals surface area contributed by atoms with E-state index in [1.54, 1.807) is 57.4 Å².